The van der Waals surface area contributed by atoms with Crippen molar-refractivity contribution in [1.29, 1.82) is 0 Å². The Kier molecular flexibility index (Phi) is 72.7. The van der Waals surface area contributed by atoms with Gasteiger partial charge in [-0.3, -0.25) is 37.3 Å². The van der Waals surface area contributed by atoms with Crippen LogP contribution in [-0.2, 0) is 65.4 Å². The Balaban J connectivity index is 5.39. The zero-order valence-electron chi connectivity index (χ0n) is 64.8. The summed E-state index contributed by atoms with van der Waals surface area (Å²) in [5.74, 6) is -2.23. The third kappa shape index (κ3) is 74.5. The summed E-state index contributed by atoms with van der Waals surface area (Å²) in [7, 11) is -9.96. The van der Waals surface area contributed by atoms with E-state index in [1.165, 1.54) is 154 Å². The Morgan fingerprint density at radius 2 is 0.520 bits per heavy atom. The average molecular weight is 1480 g/mol. The number of hydrogen-bond donors (Lipinski definition) is 3. The number of esters is 4. The Labute approximate surface area is 621 Å². The number of aliphatic hydroxyl groups excluding tert-OH is 1. The standard InChI is InChI=1S/C83H148O17P2/c1-5-9-13-17-21-25-29-33-37-38-42-44-48-52-56-60-64-68-81(86)94-74-79(100-83(88)70-66-62-58-54-50-46-41-36-32-28-24-20-16-12-8-4)76-98-102(91,92)96-72-77(84)71-95-101(89,90)97-75-78(99-82(87)69-65-61-57-53-49-45-40-35-31-27-23-19-15-11-7-3)73-93-80(85)67-63-59-55-51-47-43-39-34-30-26-22-18-14-10-6-2/h9,13,21,24-25,28,33,36-37,41-42,44,52,56,77-79,84H,5-8,10-12,14-20,22-23,26-27,29-32,34-35,38-40,43,45-51,53-55,57-76H2,1-4H3,(H,89,90)(H,91,92)/b13-9-,25-21-,28-24-,37-33-,41-36-,44-42-,56-52-. The maximum atomic E-state index is 13.1. The monoisotopic (exact) mass is 1480 g/mol. The Bertz CT molecular complexity index is 2260. The first-order valence-electron chi connectivity index (χ1n) is 40.8. The van der Waals surface area contributed by atoms with Crippen molar-refractivity contribution in [2.75, 3.05) is 39.6 Å². The minimum atomic E-state index is -4.99. The van der Waals surface area contributed by atoms with E-state index in [1.54, 1.807) is 0 Å². The second kappa shape index (κ2) is 75.5. The molecule has 3 N–H and O–H groups in total. The molecule has 0 aliphatic rings. The van der Waals surface area contributed by atoms with Gasteiger partial charge in [0.05, 0.1) is 26.4 Å². The zero-order chi connectivity index (χ0) is 74.6. The number of phosphoric acid groups is 2. The molecule has 0 saturated carbocycles. The molecule has 19 heteroatoms. The van der Waals surface area contributed by atoms with Gasteiger partial charge in [0.25, 0.3) is 0 Å². The summed E-state index contributed by atoms with van der Waals surface area (Å²) in [5.41, 5.74) is 0. The molecule has 0 aromatic rings. The van der Waals surface area contributed by atoms with Crippen LogP contribution < -0.4 is 0 Å². The van der Waals surface area contributed by atoms with Gasteiger partial charge in [0.15, 0.2) is 12.2 Å². The highest BCUT2D eigenvalue weighted by molar-refractivity contribution is 7.47. The van der Waals surface area contributed by atoms with Crippen LogP contribution in [-0.4, -0.2) is 96.7 Å². The van der Waals surface area contributed by atoms with Crippen LogP contribution in [0.1, 0.15) is 362 Å². The van der Waals surface area contributed by atoms with Crippen LogP contribution in [0.3, 0.4) is 0 Å². The number of aliphatic hydroxyl groups is 1. The highest BCUT2D eigenvalue weighted by atomic mass is 31.2. The van der Waals surface area contributed by atoms with E-state index in [0.717, 1.165) is 122 Å². The van der Waals surface area contributed by atoms with Crippen molar-refractivity contribution in [3.05, 3.63) is 85.1 Å². The van der Waals surface area contributed by atoms with Crippen molar-refractivity contribution in [3.63, 3.8) is 0 Å². The quantitative estimate of drug-likeness (QED) is 0.0169. The van der Waals surface area contributed by atoms with Crippen LogP contribution in [0.25, 0.3) is 0 Å². The minimum absolute atomic E-state index is 0.0680. The van der Waals surface area contributed by atoms with Crippen LogP contribution in [0, 0.1) is 0 Å². The molecule has 0 aromatic heterocycles. The van der Waals surface area contributed by atoms with Crippen LogP contribution in [0.15, 0.2) is 85.1 Å². The molecule has 0 spiro atoms. The first kappa shape index (κ1) is 98.2. The number of hydrogen-bond acceptors (Lipinski definition) is 15. The third-order valence-electron chi connectivity index (χ3n) is 17.4. The molecule has 0 aromatic carbocycles. The number of rotatable bonds is 77. The van der Waals surface area contributed by atoms with E-state index in [-0.39, 0.29) is 25.7 Å². The maximum absolute atomic E-state index is 13.1. The molecule has 17 nitrogen and oxygen atoms in total. The predicted octanol–water partition coefficient (Wildman–Crippen LogP) is 23.8. The molecule has 102 heavy (non-hydrogen) atoms. The molecule has 0 heterocycles. The van der Waals surface area contributed by atoms with Gasteiger partial charge in [-0.05, 0) is 96.3 Å². The molecule has 0 rings (SSSR count). The van der Waals surface area contributed by atoms with Gasteiger partial charge in [-0.1, -0.05) is 325 Å². The third-order valence-corrected chi connectivity index (χ3v) is 19.3. The molecule has 0 radical (unpaired) electrons. The van der Waals surface area contributed by atoms with E-state index in [9.17, 15) is 43.2 Å². The van der Waals surface area contributed by atoms with E-state index < -0.39 is 97.5 Å². The molecule has 0 aliphatic carbocycles. The van der Waals surface area contributed by atoms with E-state index in [1.807, 2.05) is 12.2 Å². The highest BCUT2D eigenvalue weighted by Crippen LogP contribution is 2.45. The highest BCUT2D eigenvalue weighted by Gasteiger charge is 2.30. The fraction of sp³-hybridized carbons (Fsp3) is 0.783. The fourth-order valence-electron chi connectivity index (χ4n) is 11.2. The van der Waals surface area contributed by atoms with Crippen LogP contribution >= 0.6 is 15.6 Å². The van der Waals surface area contributed by atoms with E-state index >= 15 is 0 Å². The second-order valence-electron chi connectivity index (χ2n) is 27.3. The second-order valence-corrected chi connectivity index (χ2v) is 30.3. The Morgan fingerprint density at radius 1 is 0.284 bits per heavy atom. The Morgan fingerprint density at radius 3 is 0.843 bits per heavy atom. The molecule has 0 fully saturated rings. The summed E-state index contributed by atoms with van der Waals surface area (Å²) < 4.78 is 68.6. The van der Waals surface area contributed by atoms with Gasteiger partial charge in [-0.25, -0.2) is 9.13 Å². The average Bonchev–Trinajstić information content (AvgIpc) is 0.923. The number of carbonyl (C=O) groups is 4. The van der Waals surface area contributed by atoms with Gasteiger partial charge >= 0.3 is 39.5 Å². The van der Waals surface area contributed by atoms with Gasteiger partial charge in [0, 0.05) is 25.7 Å². The Hall–Kier alpha value is -3.76. The molecule has 0 aliphatic heterocycles. The smallest absolute Gasteiger partial charge is 0.462 e. The van der Waals surface area contributed by atoms with Crippen molar-refractivity contribution in [1.82, 2.24) is 0 Å². The van der Waals surface area contributed by atoms with E-state index in [4.69, 9.17) is 37.0 Å². The largest absolute Gasteiger partial charge is 0.472 e. The summed E-state index contributed by atoms with van der Waals surface area (Å²) in [4.78, 5) is 73.0. The molecule has 592 valence electrons. The van der Waals surface area contributed by atoms with Crippen LogP contribution in [0.2, 0.25) is 0 Å². The molecular weight excluding hydrogens is 1330 g/mol. The van der Waals surface area contributed by atoms with Gasteiger partial charge in [0.1, 0.15) is 19.3 Å². The first-order chi connectivity index (χ1) is 49.7. The minimum Gasteiger partial charge on any atom is -0.462 e. The van der Waals surface area contributed by atoms with Crippen molar-refractivity contribution in [2.24, 2.45) is 0 Å². The molecular formula is C83H148O17P2. The molecule has 0 amide bonds. The van der Waals surface area contributed by atoms with E-state index in [2.05, 4.69) is 101 Å². The van der Waals surface area contributed by atoms with Crippen molar-refractivity contribution < 1.29 is 80.2 Å². The fourth-order valence-corrected chi connectivity index (χ4v) is 12.8. The molecule has 0 bridgehead atoms. The lowest BCUT2D eigenvalue weighted by atomic mass is 10.0. The predicted molar refractivity (Wildman–Crippen MR) is 418 cm³/mol. The summed E-state index contributed by atoms with van der Waals surface area (Å²) in [6.45, 7) is 4.73. The summed E-state index contributed by atoms with van der Waals surface area (Å²) in [6, 6.07) is 0. The number of ether oxygens (including phenoxy) is 4. The van der Waals surface area contributed by atoms with Crippen molar-refractivity contribution >= 4 is 39.5 Å². The lowest BCUT2D eigenvalue weighted by molar-refractivity contribution is -0.161. The maximum Gasteiger partial charge on any atom is 0.472 e. The van der Waals surface area contributed by atoms with Gasteiger partial charge in [0.2, 0.25) is 0 Å². The van der Waals surface area contributed by atoms with Crippen molar-refractivity contribution in [3.8, 4) is 0 Å². The van der Waals surface area contributed by atoms with Gasteiger partial charge < -0.3 is 33.8 Å². The number of unbranched alkanes of at least 4 members (excludes halogenated alkanes) is 37. The topological polar surface area (TPSA) is 237 Å². The van der Waals surface area contributed by atoms with Gasteiger partial charge in [-0.2, -0.15) is 0 Å². The summed E-state index contributed by atoms with van der Waals surface area (Å²) >= 11 is 0. The lowest BCUT2D eigenvalue weighted by Gasteiger charge is -2.21. The number of allylic oxidation sites excluding steroid dienone is 14. The number of phosphoric ester groups is 2. The summed E-state index contributed by atoms with van der Waals surface area (Å²) in [5, 5.41) is 10.6. The van der Waals surface area contributed by atoms with E-state index in [0.29, 0.717) is 32.1 Å². The number of carbonyl (C=O) groups excluding carboxylic acids is 4. The lowest BCUT2D eigenvalue weighted by Crippen LogP contribution is -2.30. The van der Waals surface area contributed by atoms with Gasteiger partial charge in [-0.15, -0.1) is 0 Å². The molecule has 0 saturated heterocycles. The molecule has 5 atom stereocenters. The first-order valence-corrected chi connectivity index (χ1v) is 43.8. The normalized spacial score (nSPS) is 14.3. The summed E-state index contributed by atoms with van der Waals surface area (Å²) in [6.07, 6.45) is 78.4. The molecule has 5 unspecified atom stereocenters. The zero-order valence-corrected chi connectivity index (χ0v) is 66.6. The SMILES string of the molecule is CC/C=C\C/C=C\C/C=C\C/C=C\C/C=C\CCCC(=O)OCC(COP(=O)(O)OCC(O)COP(=O)(O)OCC(COC(=O)CCCCCCCCCCCCCCCCC)OC(=O)CCCCCCCCCCCCCCCCC)OC(=O)CCCCCCC/C=C\C/C=C\CCCCC. The van der Waals surface area contributed by atoms with Crippen LogP contribution in [0.4, 0.5) is 0 Å². The van der Waals surface area contributed by atoms with Crippen molar-refractivity contribution in [2.45, 2.75) is 380 Å². The van der Waals surface area contributed by atoms with Crippen LogP contribution in [0.5, 0.6) is 0 Å².